The van der Waals surface area contributed by atoms with Crippen LogP contribution in [0, 0.1) is 0 Å². The summed E-state index contributed by atoms with van der Waals surface area (Å²) in [5.74, 6) is 0.896. The van der Waals surface area contributed by atoms with E-state index in [2.05, 4.69) is 0 Å². The molecule has 1 atom stereocenters. The number of Topliss-reactive ketones (excluding diaryl/α,β-unsaturated/α-hetero) is 1. The van der Waals surface area contributed by atoms with Crippen LogP contribution in [0.3, 0.4) is 0 Å². The first kappa shape index (κ1) is 18.6. The second-order valence-electron chi connectivity index (χ2n) is 5.84. The van der Waals surface area contributed by atoms with Gasteiger partial charge in [0.15, 0.2) is 17.6 Å². The average molecular weight is 372 g/mol. The topological polar surface area (TPSA) is 80.3 Å². The number of rotatable bonds is 6. The maximum Gasteiger partial charge on any atom is 0.339 e. The minimum absolute atomic E-state index is 0.213. The van der Waals surface area contributed by atoms with Crippen molar-refractivity contribution in [2.24, 2.45) is 0 Å². The van der Waals surface area contributed by atoms with E-state index in [-0.39, 0.29) is 11.3 Å². The molecule has 0 N–H and O–H groups in total. The molecule has 0 aromatic heterocycles. The highest BCUT2D eigenvalue weighted by Crippen LogP contribution is 2.40. The molecule has 7 nitrogen and oxygen atoms in total. The third kappa shape index (κ3) is 3.97. The molecular formula is C20H20O7. The van der Waals surface area contributed by atoms with E-state index in [1.54, 1.807) is 31.4 Å². The van der Waals surface area contributed by atoms with Crippen molar-refractivity contribution >= 4 is 11.8 Å². The van der Waals surface area contributed by atoms with Crippen molar-refractivity contribution in [3.8, 4) is 23.0 Å². The molecule has 7 heteroatoms. The summed E-state index contributed by atoms with van der Waals surface area (Å²) in [6.07, 6.45) is -0.954. The molecule has 1 heterocycles. The lowest BCUT2D eigenvalue weighted by Crippen LogP contribution is -2.24. The monoisotopic (exact) mass is 372 g/mol. The fourth-order valence-electron chi connectivity index (χ4n) is 2.66. The molecule has 0 saturated carbocycles. The molecule has 0 spiro atoms. The highest BCUT2D eigenvalue weighted by Gasteiger charge is 2.24. The average Bonchev–Trinajstić information content (AvgIpc) is 2.72. The molecule has 142 valence electrons. The van der Waals surface area contributed by atoms with Crippen molar-refractivity contribution in [2.45, 2.75) is 13.0 Å². The van der Waals surface area contributed by atoms with Crippen LogP contribution in [-0.4, -0.2) is 45.3 Å². The third-order valence-corrected chi connectivity index (χ3v) is 4.09. The van der Waals surface area contributed by atoms with E-state index in [9.17, 15) is 9.59 Å². The first-order valence-electron chi connectivity index (χ1n) is 8.40. The standard InChI is InChI=1S/C20H20O7/c1-12(18(21)13-4-6-15(23-2)7-5-13)27-20(22)14-10-16(24-3)19-17(11-14)25-8-9-26-19/h4-7,10-12H,8-9H2,1-3H3/t12-/m1/s1. The zero-order valence-corrected chi connectivity index (χ0v) is 15.3. The summed E-state index contributed by atoms with van der Waals surface area (Å²) in [5.41, 5.74) is 0.640. The van der Waals surface area contributed by atoms with Crippen LogP contribution in [0.25, 0.3) is 0 Å². The normalized spacial score (nSPS) is 13.4. The number of hydrogen-bond donors (Lipinski definition) is 0. The summed E-state index contributed by atoms with van der Waals surface area (Å²) in [5, 5.41) is 0. The van der Waals surface area contributed by atoms with E-state index in [1.807, 2.05) is 0 Å². The smallest absolute Gasteiger partial charge is 0.339 e. The SMILES string of the molecule is COc1ccc(C(=O)[C@@H](C)OC(=O)c2cc(OC)c3c(c2)OCCO3)cc1. The molecule has 2 aromatic rings. The van der Waals surface area contributed by atoms with Gasteiger partial charge in [0.05, 0.1) is 19.8 Å². The van der Waals surface area contributed by atoms with Gasteiger partial charge in [-0.25, -0.2) is 4.79 Å². The number of carbonyl (C=O) groups is 2. The molecule has 0 radical (unpaired) electrons. The van der Waals surface area contributed by atoms with E-state index in [0.29, 0.717) is 41.8 Å². The Bertz CT molecular complexity index is 825. The van der Waals surface area contributed by atoms with Gasteiger partial charge in [0.25, 0.3) is 0 Å². The van der Waals surface area contributed by atoms with Crippen LogP contribution in [0.4, 0.5) is 0 Å². The first-order chi connectivity index (χ1) is 13.0. The van der Waals surface area contributed by atoms with Crippen LogP contribution < -0.4 is 18.9 Å². The number of ether oxygens (including phenoxy) is 5. The number of benzene rings is 2. The Kier molecular flexibility index (Phi) is 5.49. The second kappa shape index (κ2) is 7.99. The number of ketones is 1. The van der Waals surface area contributed by atoms with E-state index in [1.165, 1.54) is 26.2 Å². The third-order valence-electron chi connectivity index (χ3n) is 4.09. The summed E-state index contributed by atoms with van der Waals surface area (Å²) in [6, 6.07) is 9.61. The summed E-state index contributed by atoms with van der Waals surface area (Å²) in [4.78, 5) is 25.0. The summed E-state index contributed by atoms with van der Waals surface area (Å²) in [6.45, 7) is 2.31. The van der Waals surface area contributed by atoms with Crippen LogP contribution in [0.5, 0.6) is 23.0 Å². The maximum atomic E-state index is 12.5. The van der Waals surface area contributed by atoms with Gasteiger partial charge in [-0.05, 0) is 43.3 Å². The van der Waals surface area contributed by atoms with Crippen LogP contribution in [0.15, 0.2) is 36.4 Å². The van der Waals surface area contributed by atoms with Gasteiger partial charge < -0.3 is 23.7 Å². The Morgan fingerprint density at radius 1 is 0.963 bits per heavy atom. The lowest BCUT2D eigenvalue weighted by molar-refractivity contribution is 0.0317. The van der Waals surface area contributed by atoms with Crippen LogP contribution >= 0.6 is 0 Å². The van der Waals surface area contributed by atoms with E-state index < -0.39 is 12.1 Å². The minimum atomic E-state index is -0.954. The Balaban J connectivity index is 1.75. The minimum Gasteiger partial charge on any atom is -0.497 e. The quantitative estimate of drug-likeness (QED) is 0.570. The molecule has 0 aliphatic carbocycles. The molecule has 0 saturated heterocycles. The molecule has 0 amide bonds. The molecule has 1 aliphatic rings. The summed E-state index contributed by atoms with van der Waals surface area (Å²) < 4.78 is 26.7. The Labute approximate surface area is 156 Å². The fourth-order valence-corrected chi connectivity index (χ4v) is 2.66. The van der Waals surface area contributed by atoms with Crippen molar-refractivity contribution in [1.82, 2.24) is 0 Å². The van der Waals surface area contributed by atoms with Crippen molar-refractivity contribution in [2.75, 3.05) is 27.4 Å². The van der Waals surface area contributed by atoms with E-state index in [0.717, 1.165) is 0 Å². The van der Waals surface area contributed by atoms with Gasteiger partial charge >= 0.3 is 5.97 Å². The largest absolute Gasteiger partial charge is 0.497 e. The van der Waals surface area contributed by atoms with Crippen LogP contribution in [0.2, 0.25) is 0 Å². The van der Waals surface area contributed by atoms with E-state index >= 15 is 0 Å². The second-order valence-corrected chi connectivity index (χ2v) is 5.84. The lowest BCUT2D eigenvalue weighted by Gasteiger charge is -2.21. The Hall–Kier alpha value is -3.22. The van der Waals surface area contributed by atoms with Crippen molar-refractivity contribution in [1.29, 1.82) is 0 Å². The maximum absolute atomic E-state index is 12.5. The molecule has 3 rings (SSSR count). The van der Waals surface area contributed by atoms with Crippen LogP contribution in [-0.2, 0) is 4.74 Å². The van der Waals surface area contributed by atoms with Crippen molar-refractivity contribution in [3.63, 3.8) is 0 Å². The highest BCUT2D eigenvalue weighted by atomic mass is 16.6. The lowest BCUT2D eigenvalue weighted by atomic mass is 10.1. The number of carbonyl (C=O) groups excluding carboxylic acids is 2. The first-order valence-corrected chi connectivity index (χ1v) is 8.40. The van der Waals surface area contributed by atoms with Gasteiger partial charge in [-0.3, -0.25) is 4.79 Å². The Morgan fingerprint density at radius 3 is 2.33 bits per heavy atom. The summed E-state index contributed by atoms with van der Waals surface area (Å²) in [7, 11) is 3.02. The molecular weight excluding hydrogens is 352 g/mol. The number of methoxy groups -OCH3 is 2. The van der Waals surface area contributed by atoms with Gasteiger partial charge in [0.1, 0.15) is 19.0 Å². The van der Waals surface area contributed by atoms with Gasteiger partial charge in [0.2, 0.25) is 11.5 Å². The molecule has 0 unspecified atom stereocenters. The molecule has 0 bridgehead atoms. The highest BCUT2D eigenvalue weighted by molar-refractivity contribution is 6.01. The fraction of sp³-hybridized carbons (Fsp3) is 0.300. The van der Waals surface area contributed by atoms with E-state index in [4.69, 9.17) is 23.7 Å². The summed E-state index contributed by atoms with van der Waals surface area (Å²) >= 11 is 0. The van der Waals surface area contributed by atoms with Crippen LogP contribution in [0.1, 0.15) is 27.6 Å². The van der Waals surface area contributed by atoms with Crippen molar-refractivity contribution < 1.29 is 33.3 Å². The number of esters is 1. The van der Waals surface area contributed by atoms with Gasteiger partial charge in [-0.15, -0.1) is 0 Å². The van der Waals surface area contributed by atoms with Crippen molar-refractivity contribution in [3.05, 3.63) is 47.5 Å². The van der Waals surface area contributed by atoms with Gasteiger partial charge in [-0.1, -0.05) is 0 Å². The molecule has 27 heavy (non-hydrogen) atoms. The molecule has 1 aliphatic heterocycles. The van der Waals surface area contributed by atoms with Gasteiger partial charge in [0, 0.05) is 5.56 Å². The van der Waals surface area contributed by atoms with Gasteiger partial charge in [-0.2, -0.15) is 0 Å². The number of fused-ring (bicyclic) bond motifs is 1. The zero-order valence-electron chi connectivity index (χ0n) is 15.3. The molecule has 0 fully saturated rings. The molecule has 2 aromatic carbocycles. The Morgan fingerprint density at radius 2 is 1.67 bits per heavy atom. The predicted molar refractivity (Wildman–Crippen MR) is 96.2 cm³/mol. The zero-order chi connectivity index (χ0) is 19.4. The predicted octanol–water partition coefficient (Wildman–Crippen LogP) is 2.90. The number of hydrogen-bond acceptors (Lipinski definition) is 7.